The maximum Gasteiger partial charge on any atom is 0.265 e. The number of sulfonamides is 2. The molecule has 0 atom stereocenters. The molecule has 18 heteroatoms. The third-order valence-corrected chi connectivity index (χ3v) is 8.38. The summed E-state index contributed by atoms with van der Waals surface area (Å²) in [4.78, 5) is 3.97. The second-order valence-electron chi connectivity index (χ2n) is 8.87. The van der Waals surface area contributed by atoms with E-state index < -0.39 is 29.8 Å². The van der Waals surface area contributed by atoms with Crippen molar-refractivity contribution in [2.75, 3.05) is 14.2 Å². The van der Waals surface area contributed by atoms with Gasteiger partial charge in [0.15, 0.2) is 0 Å². The van der Waals surface area contributed by atoms with Gasteiger partial charge in [-0.1, -0.05) is 24.3 Å². The molecule has 0 amide bonds. The molecule has 0 saturated heterocycles. The maximum atomic E-state index is 12.8. The Labute approximate surface area is 262 Å². The quantitative estimate of drug-likeness (QED) is 0.0624. The number of azide groups is 2. The van der Waals surface area contributed by atoms with E-state index in [1.165, 1.54) is 50.6 Å². The molecule has 4 aromatic carbocycles. The molecule has 0 fully saturated rings. The van der Waals surface area contributed by atoms with E-state index in [-0.39, 0.29) is 22.5 Å². The lowest BCUT2D eigenvalue weighted by molar-refractivity contribution is 0.414. The summed E-state index contributed by atoms with van der Waals surface area (Å²) in [6.07, 6.45) is 2.57. The van der Waals surface area contributed by atoms with Gasteiger partial charge in [0.05, 0.1) is 46.8 Å². The molecule has 232 valence electrons. The van der Waals surface area contributed by atoms with Crippen molar-refractivity contribution in [1.29, 1.82) is 0 Å². The van der Waals surface area contributed by atoms with Crippen LogP contribution in [0.25, 0.3) is 33.0 Å². The minimum Gasteiger partial charge on any atom is -0.497 e. The van der Waals surface area contributed by atoms with E-state index in [2.05, 4.69) is 39.3 Å². The van der Waals surface area contributed by atoms with Crippen molar-refractivity contribution >= 4 is 54.9 Å². The molecule has 0 aliphatic heterocycles. The number of ether oxygens (including phenoxy) is 2. The van der Waals surface area contributed by atoms with Gasteiger partial charge in [0, 0.05) is 18.9 Å². The lowest BCUT2D eigenvalue weighted by Crippen LogP contribution is -1.99. The Balaban J connectivity index is 1.73. The molecule has 0 saturated carbocycles. The number of azo groups is 2. The van der Waals surface area contributed by atoms with Crippen LogP contribution in [0, 0.1) is 0 Å². The van der Waals surface area contributed by atoms with E-state index in [9.17, 15) is 16.8 Å². The molecular weight excluding hydrogens is 637 g/mol. The Bertz CT molecular complexity index is 2000. The Morgan fingerprint density at radius 3 is 1.20 bits per heavy atom. The minimum atomic E-state index is -4.53. The summed E-state index contributed by atoms with van der Waals surface area (Å²) in [5.74, 6) is 1.22. The van der Waals surface area contributed by atoms with Crippen LogP contribution in [-0.4, -0.2) is 31.1 Å². The second kappa shape index (κ2) is 14.6. The van der Waals surface area contributed by atoms with Crippen molar-refractivity contribution in [1.82, 2.24) is 0 Å². The van der Waals surface area contributed by atoms with Gasteiger partial charge in [-0.3, -0.25) is 0 Å². The number of methoxy groups -OCH3 is 2. The van der Waals surface area contributed by atoms with Gasteiger partial charge in [-0.2, -0.15) is 20.5 Å². The molecule has 0 unspecified atom stereocenters. The lowest BCUT2D eigenvalue weighted by atomic mass is 10.1. The number of benzene rings is 4. The van der Waals surface area contributed by atoms with Crippen LogP contribution in [0.15, 0.2) is 124 Å². The Morgan fingerprint density at radius 2 is 0.870 bits per heavy atom. The Hall–Kier alpha value is -6.06. The molecule has 0 aliphatic carbocycles. The standard InChI is InChI=1S/C28H22N10O6S2/c1-43-25-13-9-21(10-14-25)31-33-23-7-5-19(27(17-23)45(39,40)37-35-29)3-4-20-6-8-24(18-28(20)46(41,42)38-36-30)34-32-22-11-15-26(44-2)16-12-22/h3-18H,1-2H3/b4-3+,33-31?,34-32?. The van der Waals surface area contributed by atoms with Crippen LogP contribution in [-0.2, 0) is 20.0 Å². The molecule has 0 heterocycles. The van der Waals surface area contributed by atoms with Crippen LogP contribution in [0.1, 0.15) is 11.1 Å². The van der Waals surface area contributed by atoms with Crippen molar-refractivity contribution in [2.45, 2.75) is 9.79 Å². The van der Waals surface area contributed by atoms with Gasteiger partial charge in [0.2, 0.25) is 0 Å². The van der Waals surface area contributed by atoms with Crippen molar-refractivity contribution in [2.24, 2.45) is 29.5 Å². The number of hydrogen-bond donors (Lipinski definition) is 0. The van der Waals surface area contributed by atoms with Crippen molar-refractivity contribution in [3.8, 4) is 11.5 Å². The topological polar surface area (TPSA) is 234 Å². The zero-order chi connectivity index (χ0) is 33.2. The Morgan fingerprint density at radius 1 is 0.543 bits per heavy atom. The van der Waals surface area contributed by atoms with E-state index in [0.717, 1.165) is 12.1 Å². The highest BCUT2D eigenvalue weighted by atomic mass is 32.2. The maximum absolute atomic E-state index is 12.8. The first-order chi connectivity index (χ1) is 22.1. The van der Waals surface area contributed by atoms with Crippen LogP contribution in [0.5, 0.6) is 11.5 Å². The summed E-state index contributed by atoms with van der Waals surface area (Å²) in [6.45, 7) is 0. The monoisotopic (exact) mass is 658 g/mol. The van der Waals surface area contributed by atoms with Crippen molar-refractivity contribution in [3.63, 3.8) is 0 Å². The van der Waals surface area contributed by atoms with Gasteiger partial charge in [0.25, 0.3) is 20.0 Å². The van der Waals surface area contributed by atoms with Crippen molar-refractivity contribution < 1.29 is 26.3 Å². The fraction of sp³-hybridized carbons (Fsp3) is 0.0714. The highest BCUT2D eigenvalue weighted by Crippen LogP contribution is 2.31. The molecule has 0 radical (unpaired) electrons. The minimum absolute atomic E-state index is 0.0335. The summed E-state index contributed by atoms with van der Waals surface area (Å²) >= 11 is 0. The number of rotatable bonds is 12. The highest BCUT2D eigenvalue weighted by molar-refractivity contribution is 7.90. The highest BCUT2D eigenvalue weighted by Gasteiger charge is 2.19. The van der Waals surface area contributed by atoms with Gasteiger partial charge >= 0.3 is 0 Å². The summed E-state index contributed by atoms with van der Waals surface area (Å²) in [5.41, 5.74) is 18.9. The van der Waals surface area contributed by atoms with Gasteiger partial charge in [-0.25, -0.2) is 16.8 Å². The molecule has 4 aromatic rings. The fourth-order valence-corrected chi connectivity index (χ4v) is 5.56. The molecular formula is C28H22N10O6S2. The third kappa shape index (κ3) is 8.31. The van der Waals surface area contributed by atoms with Gasteiger partial charge in [-0.05, 0) is 95.0 Å². The zero-order valence-corrected chi connectivity index (χ0v) is 25.6. The molecule has 16 nitrogen and oxygen atoms in total. The smallest absolute Gasteiger partial charge is 0.265 e. The van der Waals surface area contributed by atoms with Gasteiger partial charge in [-0.15, -0.1) is 0 Å². The average molecular weight is 659 g/mol. The first kappa shape index (κ1) is 32.8. The molecule has 46 heavy (non-hydrogen) atoms. The normalized spacial score (nSPS) is 11.8. The molecule has 0 N–H and O–H groups in total. The molecule has 0 aromatic heterocycles. The fourth-order valence-electron chi connectivity index (χ4n) is 3.79. The van der Waals surface area contributed by atoms with Gasteiger partial charge in [0.1, 0.15) is 11.5 Å². The van der Waals surface area contributed by atoms with Crippen molar-refractivity contribution in [3.05, 3.63) is 117 Å². The van der Waals surface area contributed by atoms with Crippen LogP contribution >= 0.6 is 0 Å². The number of hydrogen-bond acceptors (Lipinski definition) is 10. The summed E-state index contributed by atoms with van der Waals surface area (Å²) < 4.78 is 67.3. The molecule has 0 bridgehead atoms. The summed E-state index contributed by atoms with van der Waals surface area (Å²) in [7, 11) is -6.03. The largest absolute Gasteiger partial charge is 0.497 e. The van der Waals surface area contributed by atoms with Gasteiger partial charge < -0.3 is 9.47 Å². The number of nitrogens with zero attached hydrogens (tertiary/aromatic N) is 10. The molecule has 0 aliphatic rings. The Kier molecular flexibility index (Phi) is 10.4. The van der Waals surface area contributed by atoms with Crippen LogP contribution < -0.4 is 9.47 Å². The van der Waals surface area contributed by atoms with Crippen LogP contribution in [0.3, 0.4) is 0 Å². The third-order valence-electron chi connectivity index (χ3n) is 5.99. The first-order valence-corrected chi connectivity index (χ1v) is 15.7. The first-order valence-electron chi connectivity index (χ1n) is 12.8. The van der Waals surface area contributed by atoms with E-state index >= 15 is 0 Å². The second-order valence-corrected chi connectivity index (χ2v) is 12.0. The summed E-state index contributed by atoms with van der Waals surface area (Å²) in [5, 5.41) is 16.3. The predicted molar refractivity (Wildman–Crippen MR) is 169 cm³/mol. The van der Waals surface area contributed by atoms with E-state index in [4.69, 9.17) is 20.5 Å². The summed E-state index contributed by atoms with van der Waals surface area (Å²) in [6, 6.07) is 21.2. The SMILES string of the molecule is COc1ccc(N=Nc2ccc(/C=C/c3ccc(N=Nc4ccc(OC)cc4)cc3S(=O)(=O)N=[N+]=[N-])c(S(=O)(=O)N=[N+]=[N-])c2)cc1. The van der Waals surface area contributed by atoms with E-state index in [1.807, 2.05) is 0 Å². The lowest BCUT2D eigenvalue weighted by Gasteiger charge is -2.07. The molecule has 0 spiro atoms. The molecule has 4 rings (SSSR count). The van der Waals surface area contributed by atoms with Crippen LogP contribution in [0.4, 0.5) is 22.7 Å². The predicted octanol–water partition coefficient (Wildman–Crippen LogP) is 8.70. The average Bonchev–Trinajstić information content (AvgIpc) is 3.06. The van der Waals surface area contributed by atoms with E-state index in [0.29, 0.717) is 22.9 Å². The van der Waals surface area contributed by atoms with E-state index in [1.54, 1.807) is 48.5 Å². The zero-order valence-electron chi connectivity index (χ0n) is 24.0. The van der Waals surface area contributed by atoms with Crippen LogP contribution in [0.2, 0.25) is 0 Å².